The van der Waals surface area contributed by atoms with E-state index in [0.29, 0.717) is 11.8 Å². The lowest BCUT2D eigenvalue weighted by molar-refractivity contribution is 0.0954. The summed E-state index contributed by atoms with van der Waals surface area (Å²) in [7, 11) is 0. The zero-order valence-electron chi connectivity index (χ0n) is 13.2. The number of carbonyl (C=O) groups is 1. The van der Waals surface area contributed by atoms with E-state index in [4.69, 9.17) is 0 Å². The zero-order valence-corrected chi connectivity index (χ0v) is 14.0. The van der Waals surface area contributed by atoms with Crippen LogP contribution >= 0.6 is 11.8 Å². The first-order chi connectivity index (χ1) is 10.7. The number of hydrogen-bond acceptors (Lipinski definition) is 2. The molecule has 0 aliphatic carbocycles. The van der Waals surface area contributed by atoms with Gasteiger partial charge in [0.1, 0.15) is 0 Å². The summed E-state index contributed by atoms with van der Waals surface area (Å²) in [5.74, 6) is 1.08. The first-order valence-electron chi connectivity index (χ1n) is 7.71. The van der Waals surface area contributed by atoms with E-state index in [0.717, 1.165) is 17.7 Å². The van der Waals surface area contributed by atoms with Gasteiger partial charge in [-0.25, -0.2) is 0 Å². The highest BCUT2D eigenvalue weighted by Gasteiger charge is 2.07. The second-order valence-corrected chi connectivity index (χ2v) is 7.05. The minimum atomic E-state index is 0.00909. The quantitative estimate of drug-likeness (QED) is 0.832. The molecule has 0 aliphatic heterocycles. The van der Waals surface area contributed by atoms with Gasteiger partial charge in [-0.1, -0.05) is 56.3 Å². The van der Waals surface area contributed by atoms with Crippen LogP contribution in [0.4, 0.5) is 0 Å². The lowest BCUT2D eigenvalue weighted by Crippen LogP contribution is -2.29. The Bertz CT molecular complexity index is 580. The summed E-state index contributed by atoms with van der Waals surface area (Å²) in [6.07, 6.45) is 0.896. The predicted octanol–water partition coefficient (Wildman–Crippen LogP) is 4.15. The van der Waals surface area contributed by atoms with Crippen LogP contribution < -0.4 is 5.32 Å². The van der Waals surface area contributed by atoms with Gasteiger partial charge in [0, 0.05) is 17.4 Å². The molecule has 1 unspecified atom stereocenters. The third-order valence-corrected chi connectivity index (χ3v) is 4.54. The molecule has 0 saturated heterocycles. The molecule has 1 amide bonds. The average molecular weight is 313 g/mol. The average Bonchev–Trinajstić information content (AvgIpc) is 2.54. The molecule has 1 N–H and O–H groups in total. The molecule has 116 valence electrons. The highest BCUT2D eigenvalue weighted by molar-refractivity contribution is 7.99. The number of carbonyl (C=O) groups excluding carboxylic acids is 1. The van der Waals surface area contributed by atoms with Crippen LogP contribution in [0.15, 0.2) is 54.6 Å². The Morgan fingerprint density at radius 2 is 1.68 bits per heavy atom. The van der Waals surface area contributed by atoms with E-state index in [-0.39, 0.29) is 5.91 Å². The van der Waals surface area contributed by atoms with Crippen LogP contribution in [0.25, 0.3) is 0 Å². The maximum absolute atomic E-state index is 12.1. The smallest absolute Gasteiger partial charge is 0.251 e. The van der Waals surface area contributed by atoms with Gasteiger partial charge in [0.05, 0.1) is 0 Å². The van der Waals surface area contributed by atoms with Crippen molar-refractivity contribution in [3.63, 3.8) is 0 Å². The van der Waals surface area contributed by atoms with Gasteiger partial charge in [0.2, 0.25) is 0 Å². The van der Waals surface area contributed by atoms with Crippen molar-refractivity contribution >= 4 is 17.7 Å². The fourth-order valence-electron chi connectivity index (χ4n) is 2.29. The van der Waals surface area contributed by atoms with E-state index in [1.54, 1.807) is 0 Å². The van der Waals surface area contributed by atoms with Crippen molar-refractivity contribution in [2.45, 2.75) is 25.5 Å². The highest BCUT2D eigenvalue weighted by Crippen LogP contribution is 2.11. The number of rotatable bonds is 7. The molecule has 0 fully saturated rings. The summed E-state index contributed by atoms with van der Waals surface area (Å²) in [5, 5.41) is 3.44. The monoisotopic (exact) mass is 313 g/mol. The van der Waals surface area contributed by atoms with Crippen LogP contribution in [0.3, 0.4) is 0 Å². The van der Waals surface area contributed by atoms with Crippen LogP contribution in [0.1, 0.15) is 35.3 Å². The molecule has 22 heavy (non-hydrogen) atoms. The molecule has 0 saturated carbocycles. The van der Waals surface area contributed by atoms with Gasteiger partial charge >= 0.3 is 0 Å². The van der Waals surface area contributed by atoms with Gasteiger partial charge in [-0.3, -0.25) is 4.79 Å². The van der Waals surface area contributed by atoms with E-state index in [2.05, 4.69) is 31.3 Å². The molecule has 0 aliphatic rings. The van der Waals surface area contributed by atoms with Crippen molar-refractivity contribution in [2.75, 3.05) is 12.3 Å². The number of amides is 1. The Labute approximate surface area is 137 Å². The van der Waals surface area contributed by atoms with Gasteiger partial charge in [-0.15, -0.1) is 0 Å². The summed E-state index contributed by atoms with van der Waals surface area (Å²) < 4.78 is 0. The molecule has 2 aromatic carbocycles. The van der Waals surface area contributed by atoms with E-state index in [1.165, 1.54) is 11.1 Å². The molecular formula is C19H23NOS. The Morgan fingerprint density at radius 3 is 2.32 bits per heavy atom. The molecule has 0 heterocycles. The van der Waals surface area contributed by atoms with Gasteiger partial charge in [-0.05, 0) is 35.4 Å². The third kappa shape index (κ3) is 5.23. The standard InChI is InChI=1S/C19H23NOS/c1-3-22-15(2)14-20-19(21)18-11-9-17(10-12-18)13-16-7-5-4-6-8-16/h4-12,15H,3,13-14H2,1-2H3,(H,20,21). The molecular weight excluding hydrogens is 290 g/mol. The largest absolute Gasteiger partial charge is 0.351 e. The van der Waals surface area contributed by atoms with Crippen LogP contribution in [-0.2, 0) is 6.42 Å². The van der Waals surface area contributed by atoms with Gasteiger partial charge in [0.25, 0.3) is 5.91 Å². The summed E-state index contributed by atoms with van der Waals surface area (Å²) in [6, 6.07) is 18.2. The fraction of sp³-hybridized carbons (Fsp3) is 0.316. The minimum absolute atomic E-state index is 0.00909. The van der Waals surface area contributed by atoms with Crippen LogP contribution in [0, 0.1) is 0 Å². The zero-order chi connectivity index (χ0) is 15.8. The maximum Gasteiger partial charge on any atom is 0.251 e. The number of thioether (sulfide) groups is 1. The SMILES string of the molecule is CCSC(C)CNC(=O)c1ccc(Cc2ccccc2)cc1. The maximum atomic E-state index is 12.1. The van der Waals surface area contributed by atoms with Crippen molar-refractivity contribution < 1.29 is 4.79 Å². The van der Waals surface area contributed by atoms with Crippen LogP contribution in [0.5, 0.6) is 0 Å². The molecule has 0 radical (unpaired) electrons. The highest BCUT2D eigenvalue weighted by atomic mass is 32.2. The van der Waals surface area contributed by atoms with Gasteiger partial charge in [0.15, 0.2) is 0 Å². The fourth-order valence-corrected chi connectivity index (χ4v) is 3.06. The lowest BCUT2D eigenvalue weighted by atomic mass is 10.0. The minimum Gasteiger partial charge on any atom is -0.351 e. The van der Waals surface area contributed by atoms with Crippen molar-refractivity contribution in [1.29, 1.82) is 0 Å². The van der Waals surface area contributed by atoms with Gasteiger partial charge in [-0.2, -0.15) is 11.8 Å². The molecule has 2 nitrogen and oxygen atoms in total. The van der Waals surface area contributed by atoms with E-state index >= 15 is 0 Å². The van der Waals surface area contributed by atoms with Crippen LogP contribution in [0.2, 0.25) is 0 Å². The van der Waals surface area contributed by atoms with Crippen molar-refractivity contribution in [3.8, 4) is 0 Å². The predicted molar refractivity (Wildman–Crippen MR) is 95.6 cm³/mol. The molecule has 0 aromatic heterocycles. The van der Waals surface area contributed by atoms with Gasteiger partial charge < -0.3 is 5.32 Å². The summed E-state index contributed by atoms with van der Waals surface area (Å²) in [5.41, 5.74) is 3.23. The summed E-state index contributed by atoms with van der Waals surface area (Å²) >= 11 is 1.86. The second kappa shape index (κ2) is 8.64. The van der Waals surface area contributed by atoms with E-state index < -0.39 is 0 Å². The van der Waals surface area contributed by atoms with E-state index in [9.17, 15) is 4.79 Å². The topological polar surface area (TPSA) is 29.1 Å². The number of hydrogen-bond donors (Lipinski definition) is 1. The molecule has 2 aromatic rings. The van der Waals surface area contributed by atoms with Crippen molar-refractivity contribution in [1.82, 2.24) is 5.32 Å². The summed E-state index contributed by atoms with van der Waals surface area (Å²) in [6.45, 7) is 4.98. The first-order valence-corrected chi connectivity index (χ1v) is 8.76. The number of benzene rings is 2. The van der Waals surface area contributed by atoms with Crippen LogP contribution in [-0.4, -0.2) is 23.5 Å². The molecule has 1 atom stereocenters. The Kier molecular flexibility index (Phi) is 6.53. The molecule has 0 bridgehead atoms. The molecule has 0 spiro atoms. The molecule has 3 heteroatoms. The lowest BCUT2D eigenvalue weighted by Gasteiger charge is -2.11. The van der Waals surface area contributed by atoms with Crippen molar-refractivity contribution in [2.24, 2.45) is 0 Å². The first kappa shape index (κ1) is 16.6. The Morgan fingerprint density at radius 1 is 1.05 bits per heavy atom. The Balaban J connectivity index is 1.89. The third-order valence-electron chi connectivity index (χ3n) is 3.47. The number of nitrogens with one attached hydrogen (secondary N) is 1. The Hall–Kier alpha value is -1.74. The molecule has 2 rings (SSSR count). The second-order valence-electron chi connectivity index (χ2n) is 5.34. The summed E-state index contributed by atoms with van der Waals surface area (Å²) in [4.78, 5) is 12.1. The van der Waals surface area contributed by atoms with Crippen molar-refractivity contribution in [3.05, 3.63) is 71.3 Å². The van der Waals surface area contributed by atoms with E-state index in [1.807, 2.05) is 54.2 Å². The normalized spacial score (nSPS) is 11.9.